The van der Waals surface area contributed by atoms with Crippen molar-refractivity contribution in [3.05, 3.63) is 95.1 Å². The fourth-order valence-electron chi connectivity index (χ4n) is 3.25. The van der Waals surface area contributed by atoms with Crippen LogP contribution in [0.4, 0.5) is 0 Å². The molecule has 0 radical (unpaired) electrons. The predicted molar refractivity (Wildman–Crippen MR) is 122 cm³/mol. The van der Waals surface area contributed by atoms with Crippen LogP contribution in [0.3, 0.4) is 0 Å². The molecule has 3 rings (SSSR count). The quantitative estimate of drug-likeness (QED) is 0.504. The number of carbonyl (C=O) groups is 1. The molecule has 4 heteroatoms. The highest BCUT2D eigenvalue weighted by molar-refractivity contribution is 7.99. The number of phenolic OH excluding ortho intramolecular Hbond substituents is 2. The van der Waals surface area contributed by atoms with Crippen molar-refractivity contribution < 1.29 is 15.0 Å². The maximum Gasteiger partial charge on any atom is 0.186 e. The van der Waals surface area contributed by atoms with E-state index in [-0.39, 0.29) is 17.3 Å². The van der Waals surface area contributed by atoms with Gasteiger partial charge in [0.05, 0.1) is 0 Å². The number of hydrogen-bond acceptors (Lipinski definition) is 4. The Hall–Kier alpha value is -2.98. The number of phenols is 2. The molecule has 0 aromatic heterocycles. The fraction of sp³-hybridized carbons (Fsp3) is 0.160. The second-order valence-corrected chi connectivity index (χ2v) is 7.91. The lowest BCUT2D eigenvalue weighted by atomic mass is 9.98. The van der Waals surface area contributed by atoms with Crippen LogP contribution in [-0.2, 0) is 17.6 Å². The van der Waals surface area contributed by atoms with Crippen molar-refractivity contribution in [2.45, 2.75) is 12.8 Å². The molecule has 0 aliphatic carbocycles. The highest BCUT2D eigenvalue weighted by Gasteiger charge is 2.21. The summed E-state index contributed by atoms with van der Waals surface area (Å²) in [4.78, 5) is 13.0. The summed E-state index contributed by atoms with van der Waals surface area (Å²) < 4.78 is 0. The van der Waals surface area contributed by atoms with E-state index in [0.29, 0.717) is 24.3 Å². The zero-order valence-electron chi connectivity index (χ0n) is 16.2. The molecule has 2 aromatic rings. The SMILES string of the molecule is C=CCc1cc(/C=C2\CSC/C(=C\c3ccc(O)c(CC=C)c3)C2=O)ccc1O. The van der Waals surface area contributed by atoms with E-state index in [9.17, 15) is 15.0 Å². The predicted octanol–water partition coefficient (Wildman–Crippen LogP) is 5.34. The summed E-state index contributed by atoms with van der Waals surface area (Å²) >= 11 is 1.70. The average Bonchev–Trinajstić information content (AvgIpc) is 2.70. The van der Waals surface area contributed by atoms with Crippen molar-refractivity contribution in [2.24, 2.45) is 0 Å². The third kappa shape index (κ3) is 5.09. The monoisotopic (exact) mass is 404 g/mol. The van der Waals surface area contributed by atoms with Crippen molar-refractivity contribution in [1.29, 1.82) is 0 Å². The summed E-state index contributed by atoms with van der Waals surface area (Å²) in [5.41, 5.74) is 4.85. The van der Waals surface area contributed by atoms with Gasteiger partial charge in [-0.15, -0.1) is 13.2 Å². The number of aromatic hydroxyl groups is 2. The Morgan fingerprint density at radius 2 is 1.28 bits per heavy atom. The van der Waals surface area contributed by atoms with Gasteiger partial charge in [0.25, 0.3) is 0 Å². The highest BCUT2D eigenvalue weighted by atomic mass is 32.2. The lowest BCUT2D eigenvalue weighted by Crippen LogP contribution is -2.16. The van der Waals surface area contributed by atoms with Crippen LogP contribution in [0.5, 0.6) is 11.5 Å². The zero-order valence-corrected chi connectivity index (χ0v) is 17.0. The normalized spacial score (nSPS) is 16.9. The van der Waals surface area contributed by atoms with Crippen LogP contribution < -0.4 is 0 Å². The number of thioether (sulfide) groups is 1. The largest absolute Gasteiger partial charge is 0.508 e. The smallest absolute Gasteiger partial charge is 0.186 e. The van der Waals surface area contributed by atoms with Crippen molar-refractivity contribution in [2.75, 3.05) is 11.5 Å². The Labute approximate surface area is 175 Å². The van der Waals surface area contributed by atoms with Crippen LogP contribution >= 0.6 is 11.8 Å². The third-order valence-corrected chi connectivity index (χ3v) is 5.75. The molecule has 1 fully saturated rings. The number of benzene rings is 2. The molecule has 1 heterocycles. The summed E-state index contributed by atoms with van der Waals surface area (Å²) in [6, 6.07) is 10.7. The van der Waals surface area contributed by atoms with Crippen molar-refractivity contribution in [1.82, 2.24) is 0 Å². The molecule has 1 aliphatic rings. The van der Waals surface area contributed by atoms with E-state index in [0.717, 1.165) is 33.4 Å². The van der Waals surface area contributed by atoms with Gasteiger partial charge in [-0.05, 0) is 71.5 Å². The van der Waals surface area contributed by atoms with Gasteiger partial charge in [-0.25, -0.2) is 0 Å². The Kier molecular flexibility index (Phi) is 6.78. The second-order valence-electron chi connectivity index (χ2n) is 6.92. The number of rotatable bonds is 6. The van der Waals surface area contributed by atoms with Crippen molar-refractivity contribution in [3.63, 3.8) is 0 Å². The van der Waals surface area contributed by atoms with Crippen LogP contribution in [-0.4, -0.2) is 27.5 Å². The molecule has 0 amide bonds. The minimum atomic E-state index is 0.0421. The van der Waals surface area contributed by atoms with E-state index < -0.39 is 0 Å². The van der Waals surface area contributed by atoms with Gasteiger partial charge >= 0.3 is 0 Å². The van der Waals surface area contributed by atoms with Gasteiger partial charge in [0.1, 0.15) is 11.5 Å². The molecule has 0 unspecified atom stereocenters. The minimum Gasteiger partial charge on any atom is -0.508 e. The molecule has 29 heavy (non-hydrogen) atoms. The van der Waals surface area contributed by atoms with Gasteiger partial charge in [-0.2, -0.15) is 11.8 Å². The van der Waals surface area contributed by atoms with Crippen molar-refractivity contribution >= 4 is 29.7 Å². The minimum absolute atomic E-state index is 0.0421. The number of allylic oxidation sites excluding steroid dienone is 2. The summed E-state index contributed by atoms with van der Waals surface area (Å²) in [6.45, 7) is 7.43. The molecule has 148 valence electrons. The van der Waals surface area contributed by atoms with Crippen LogP contribution in [0.2, 0.25) is 0 Å². The Balaban J connectivity index is 1.89. The third-order valence-electron chi connectivity index (χ3n) is 4.72. The van der Waals surface area contributed by atoms with Gasteiger partial charge < -0.3 is 10.2 Å². The van der Waals surface area contributed by atoms with Crippen LogP contribution in [0.15, 0.2) is 72.9 Å². The maximum atomic E-state index is 13.0. The molecule has 0 saturated carbocycles. The zero-order chi connectivity index (χ0) is 20.8. The summed E-state index contributed by atoms with van der Waals surface area (Å²) in [5, 5.41) is 19.9. The molecular formula is C25H24O3S. The van der Waals surface area contributed by atoms with E-state index in [1.54, 1.807) is 36.0 Å². The first-order valence-corrected chi connectivity index (χ1v) is 10.6. The van der Waals surface area contributed by atoms with Crippen LogP contribution in [0.1, 0.15) is 22.3 Å². The Morgan fingerprint density at radius 1 is 0.828 bits per heavy atom. The van der Waals surface area contributed by atoms with Gasteiger partial charge in [-0.3, -0.25) is 4.79 Å². The van der Waals surface area contributed by atoms with Gasteiger partial charge in [0.2, 0.25) is 0 Å². The fourth-order valence-corrected chi connectivity index (χ4v) is 4.22. The van der Waals surface area contributed by atoms with E-state index in [2.05, 4.69) is 13.2 Å². The maximum absolute atomic E-state index is 13.0. The van der Waals surface area contributed by atoms with Crippen molar-refractivity contribution in [3.8, 4) is 11.5 Å². The van der Waals surface area contributed by atoms with Crippen LogP contribution in [0.25, 0.3) is 12.2 Å². The molecule has 3 nitrogen and oxygen atoms in total. The van der Waals surface area contributed by atoms with Gasteiger partial charge in [-0.1, -0.05) is 24.3 Å². The second kappa shape index (κ2) is 9.48. The molecule has 0 bridgehead atoms. The lowest BCUT2D eigenvalue weighted by Gasteiger charge is -2.17. The van der Waals surface area contributed by atoms with E-state index in [1.807, 2.05) is 36.4 Å². The number of carbonyl (C=O) groups excluding carboxylic acids is 1. The first-order valence-electron chi connectivity index (χ1n) is 9.41. The van der Waals surface area contributed by atoms with E-state index in [4.69, 9.17) is 0 Å². The topological polar surface area (TPSA) is 57.5 Å². The summed E-state index contributed by atoms with van der Waals surface area (Å²) in [6.07, 6.45) is 8.43. The molecule has 1 saturated heterocycles. The standard InChI is InChI=1S/C25H24O3S/c1-3-5-19-11-17(7-9-23(19)26)13-21-15-29-16-22(25(21)28)14-18-8-10-24(27)20(12-18)6-4-2/h3-4,7-14,26-27H,1-2,5-6,15-16H2/b21-13+,22-14+. The molecule has 1 aliphatic heterocycles. The van der Waals surface area contributed by atoms with Crippen LogP contribution in [0, 0.1) is 0 Å². The van der Waals surface area contributed by atoms with Gasteiger partial charge in [0.15, 0.2) is 5.78 Å². The number of Topliss-reactive ketones (excluding diaryl/α,β-unsaturated/α-hetero) is 1. The molecule has 0 atom stereocenters. The summed E-state index contributed by atoms with van der Waals surface area (Å²) in [5.74, 6) is 1.83. The van der Waals surface area contributed by atoms with Gasteiger partial charge in [0, 0.05) is 22.7 Å². The van der Waals surface area contributed by atoms with E-state index in [1.165, 1.54) is 0 Å². The highest BCUT2D eigenvalue weighted by Crippen LogP contribution is 2.29. The molecular weight excluding hydrogens is 380 g/mol. The molecule has 2 N–H and O–H groups in total. The Bertz CT molecular complexity index is 935. The number of ketones is 1. The average molecular weight is 405 g/mol. The van der Waals surface area contributed by atoms with E-state index >= 15 is 0 Å². The molecule has 0 spiro atoms. The summed E-state index contributed by atoms with van der Waals surface area (Å²) in [7, 11) is 0. The Morgan fingerprint density at radius 3 is 1.69 bits per heavy atom. The lowest BCUT2D eigenvalue weighted by molar-refractivity contribution is -0.112. The first-order chi connectivity index (χ1) is 14.0. The molecule has 2 aromatic carbocycles. The number of hydrogen-bond donors (Lipinski definition) is 2. The first kappa shape index (κ1) is 20.7.